The molecular weight excluding hydrogens is 448 g/mol. The Labute approximate surface area is 211 Å². The van der Waals surface area contributed by atoms with Gasteiger partial charge in [-0.2, -0.15) is 20.5 Å². The summed E-state index contributed by atoms with van der Waals surface area (Å²) in [6, 6.07) is 22.6. The lowest BCUT2D eigenvalue weighted by atomic mass is 10.2. The first-order valence-corrected chi connectivity index (χ1v) is 12.2. The van der Waals surface area contributed by atoms with Crippen molar-refractivity contribution in [1.29, 1.82) is 0 Å². The van der Waals surface area contributed by atoms with E-state index in [9.17, 15) is 0 Å². The fraction of sp³-hybridized carbons (Fsp3) is 0.214. The summed E-state index contributed by atoms with van der Waals surface area (Å²) in [7, 11) is 0. The minimum atomic E-state index is 0.720. The number of hydrogen-bond acceptors (Lipinski definition) is 6. The van der Waals surface area contributed by atoms with Gasteiger partial charge in [0.2, 0.25) is 0 Å². The van der Waals surface area contributed by atoms with Gasteiger partial charge in [-0.1, -0.05) is 0 Å². The highest BCUT2D eigenvalue weighted by Gasteiger charge is 2.04. The van der Waals surface area contributed by atoms with Crippen molar-refractivity contribution in [3.63, 3.8) is 0 Å². The molecule has 8 nitrogen and oxygen atoms in total. The van der Waals surface area contributed by atoms with Gasteiger partial charge in [0.15, 0.2) is 24.8 Å². The lowest BCUT2D eigenvalue weighted by Gasteiger charge is -2.00. The predicted octanol–water partition coefficient (Wildman–Crippen LogP) is 6.52. The van der Waals surface area contributed by atoms with Crippen molar-refractivity contribution in [2.75, 3.05) is 11.5 Å². The fourth-order valence-corrected chi connectivity index (χ4v) is 3.59. The number of pyridine rings is 2. The van der Waals surface area contributed by atoms with Crippen LogP contribution in [-0.4, -0.2) is 0 Å². The van der Waals surface area contributed by atoms with Crippen LogP contribution in [0.3, 0.4) is 0 Å². The highest BCUT2D eigenvalue weighted by atomic mass is 15.1. The summed E-state index contributed by atoms with van der Waals surface area (Å²) >= 11 is 0. The quantitative estimate of drug-likeness (QED) is 0.110. The van der Waals surface area contributed by atoms with E-state index in [4.69, 9.17) is 11.5 Å². The van der Waals surface area contributed by atoms with Gasteiger partial charge in [-0.3, -0.25) is 0 Å². The number of nitrogens with zero attached hydrogens (tertiary/aromatic N) is 6. The van der Waals surface area contributed by atoms with E-state index in [1.54, 1.807) is 0 Å². The second-order valence-corrected chi connectivity index (χ2v) is 8.59. The molecular formula is C28H32N8+2. The minimum Gasteiger partial charge on any atom is -0.399 e. The Morgan fingerprint density at radius 1 is 0.417 bits per heavy atom. The molecule has 8 heteroatoms. The number of hydrogen-bond donors (Lipinski definition) is 2. The molecule has 36 heavy (non-hydrogen) atoms. The number of benzene rings is 2. The largest absolute Gasteiger partial charge is 0.399 e. The number of aryl methyl sites for hydroxylation is 2. The number of nitrogen functional groups attached to an aromatic ring is 2. The van der Waals surface area contributed by atoms with Gasteiger partial charge in [-0.15, -0.1) is 0 Å². The topological polar surface area (TPSA) is 109 Å². The number of azo groups is 2. The van der Waals surface area contributed by atoms with Gasteiger partial charge in [-0.05, 0) is 61.4 Å². The van der Waals surface area contributed by atoms with Gasteiger partial charge in [-0.25, -0.2) is 9.13 Å². The Kier molecular flexibility index (Phi) is 8.80. The Hall–Kier alpha value is -4.46. The van der Waals surface area contributed by atoms with Crippen LogP contribution in [0.2, 0.25) is 0 Å². The van der Waals surface area contributed by atoms with Gasteiger partial charge in [0.1, 0.15) is 13.1 Å². The van der Waals surface area contributed by atoms with Crippen LogP contribution in [0.4, 0.5) is 34.1 Å². The summed E-state index contributed by atoms with van der Waals surface area (Å²) in [6.45, 7) is 1.99. The molecule has 0 radical (unpaired) electrons. The zero-order chi connectivity index (χ0) is 25.0. The normalized spacial score (nSPS) is 11.4. The molecule has 0 saturated carbocycles. The molecule has 0 amide bonds. The Bertz CT molecular complexity index is 1160. The van der Waals surface area contributed by atoms with E-state index in [2.05, 4.69) is 54.4 Å². The molecule has 182 valence electrons. The predicted molar refractivity (Wildman–Crippen MR) is 142 cm³/mol. The monoisotopic (exact) mass is 480 g/mol. The second-order valence-electron chi connectivity index (χ2n) is 8.59. The van der Waals surface area contributed by atoms with Crippen LogP contribution < -0.4 is 20.6 Å². The number of anilines is 2. The SMILES string of the molecule is Nc1ccc(N=Nc2cc[n+](CCCCCC[n+]3ccc(N=Nc4ccc(N)cc4)cc3)cc2)cc1. The molecule has 4 N–H and O–H groups in total. The van der Waals surface area contributed by atoms with Gasteiger partial charge in [0.25, 0.3) is 0 Å². The van der Waals surface area contributed by atoms with E-state index in [1.165, 1.54) is 12.8 Å². The zero-order valence-corrected chi connectivity index (χ0v) is 20.3. The van der Waals surface area contributed by atoms with Crippen LogP contribution in [0.1, 0.15) is 25.7 Å². The highest BCUT2D eigenvalue weighted by molar-refractivity contribution is 5.48. The molecule has 0 saturated heterocycles. The molecule has 2 heterocycles. The summed E-state index contributed by atoms with van der Waals surface area (Å²) in [4.78, 5) is 0. The number of unbranched alkanes of at least 4 members (excludes halogenated alkanes) is 3. The standard InChI is InChI=1S/C28H30N8/c29-23-5-9-25(10-6-23)31-33-27-13-19-35(20-14-27)17-3-1-2-4-18-36-21-15-28(16-22-36)34-32-26-11-7-24(30)8-12-26/h5-16,19-22,29-30H,1-4,17-18H2/p+2. The molecule has 2 aromatic heterocycles. The molecule has 0 atom stereocenters. The fourth-order valence-electron chi connectivity index (χ4n) is 3.59. The Morgan fingerprint density at radius 3 is 1.06 bits per heavy atom. The van der Waals surface area contributed by atoms with Crippen LogP contribution in [0.15, 0.2) is 118 Å². The van der Waals surface area contributed by atoms with Crippen LogP contribution in [-0.2, 0) is 13.1 Å². The Balaban J connectivity index is 1.12. The average Bonchev–Trinajstić information content (AvgIpc) is 2.91. The van der Waals surface area contributed by atoms with Crippen LogP contribution in [0.25, 0.3) is 0 Å². The van der Waals surface area contributed by atoms with Gasteiger partial charge in [0.05, 0.1) is 22.7 Å². The van der Waals surface area contributed by atoms with E-state index in [0.717, 1.165) is 60.1 Å². The average molecular weight is 481 g/mol. The molecule has 0 spiro atoms. The van der Waals surface area contributed by atoms with Gasteiger partial charge >= 0.3 is 0 Å². The maximum absolute atomic E-state index is 5.69. The maximum Gasteiger partial charge on any atom is 0.171 e. The van der Waals surface area contributed by atoms with Crippen molar-refractivity contribution in [2.24, 2.45) is 20.5 Å². The van der Waals surface area contributed by atoms with Crippen molar-refractivity contribution >= 4 is 34.1 Å². The van der Waals surface area contributed by atoms with Crippen LogP contribution in [0, 0.1) is 0 Å². The first kappa shape index (κ1) is 24.7. The van der Waals surface area contributed by atoms with Crippen LogP contribution in [0.5, 0.6) is 0 Å². The lowest BCUT2D eigenvalue weighted by Crippen LogP contribution is -2.33. The third-order valence-electron chi connectivity index (χ3n) is 5.68. The highest BCUT2D eigenvalue weighted by Crippen LogP contribution is 2.19. The first-order valence-electron chi connectivity index (χ1n) is 12.2. The molecule has 0 fully saturated rings. The molecule has 0 bridgehead atoms. The third-order valence-corrected chi connectivity index (χ3v) is 5.68. The second kappa shape index (κ2) is 12.9. The zero-order valence-electron chi connectivity index (χ0n) is 20.3. The summed E-state index contributed by atoms with van der Waals surface area (Å²) in [5.74, 6) is 0. The summed E-state index contributed by atoms with van der Waals surface area (Å²) < 4.78 is 4.38. The van der Waals surface area contributed by atoms with Crippen LogP contribution >= 0.6 is 0 Å². The molecule has 0 aliphatic rings. The number of aromatic nitrogens is 2. The van der Waals surface area contributed by atoms with E-state index in [-0.39, 0.29) is 0 Å². The minimum absolute atomic E-state index is 0.720. The first-order chi connectivity index (χ1) is 17.6. The lowest BCUT2D eigenvalue weighted by molar-refractivity contribution is -0.698. The molecule has 0 aliphatic heterocycles. The molecule has 2 aromatic carbocycles. The van der Waals surface area contributed by atoms with Crippen molar-refractivity contribution < 1.29 is 9.13 Å². The number of rotatable bonds is 11. The smallest absolute Gasteiger partial charge is 0.171 e. The van der Waals surface area contributed by atoms with Gasteiger partial charge < -0.3 is 11.5 Å². The van der Waals surface area contributed by atoms with E-state index in [0.29, 0.717) is 0 Å². The van der Waals surface area contributed by atoms with E-state index in [1.807, 2.05) is 72.8 Å². The van der Waals surface area contributed by atoms with Crippen molar-refractivity contribution in [1.82, 2.24) is 0 Å². The maximum atomic E-state index is 5.69. The molecule has 0 aliphatic carbocycles. The Morgan fingerprint density at radius 2 is 0.722 bits per heavy atom. The summed E-state index contributed by atoms with van der Waals surface area (Å²) in [5.41, 5.74) is 16.1. The van der Waals surface area contributed by atoms with Crippen molar-refractivity contribution in [3.8, 4) is 0 Å². The molecule has 4 aromatic rings. The molecule has 0 unspecified atom stereocenters. The molecule has 4 rings (SSSR count). The summed E-state index contributed by atoms with van der Waals surface area (Å²) in [5, 5.41) is 17.0. The third kappa shape index (κ3) is 8.09. The van der Waals surface area contributed by atoms with Gasteiger partial charge in [0, 0.05) is 48.5 Å². The summed E-state index contributed by atoms with van der Waals surface area (Å²) in [6.07, 6.45) is 12.9. The van der Waals surface area contributed by atoms with Crippen molar-refractivity contribution in [2.45, 2.75) is 38.8 Å². The number of nitrogens with two attached hydrogens (primary N) is 2. The van der Waals surface area contributed by atoms with E-state index >= 15 is 0 Å². The van der Waals surface area contributed by atoms with E-state index < -0.39 is 0 Å². The van der Waals surface area contributed by atoms with Crippen molar-refractivity contribution in [3.05, 3.63) is 97.6 Å².